The van der Waals surface area contributed by atoms with Crippen LogP contribution in [0.25, 0.3) is 11.3 Å². The van der Waals surface area contributed by atoms with Gasteiger partial charge in [-0.05, 0) is 31.2 Å². The highest BCUT2D eigenvalue weighted by molar-refractivity contribution is 7.14. The van der Waals surface area contributed by atoms with Gasteiger partial charge in [0, 0.05) is 22.3 Å². The molecule has 3 rings (SSSR count). The molecule has 0 atom stereocenters. The molecule has 2 aromatic carbocycles. The van der Waals surface area contributed by atoms with Crippen LogP contribution in [-0.4, -0.2) is 15.7 Å². The molecular formula is C18H15Cl2N3OS. The van der Waals surface area contributed by atoms with Crippen molar-refractivity contribution in [3.05, 3.63) is 59.5 Å². The number of anilines is 3. The Morgan fingerprint density at radius 1 is 1.04 bits per heavy atom. The maximum Gasteiger partial charge on any atom is 0.257 e. The molecule has 0 spiro atoms. The van der Waals surface area contributed by atoms with Crippen LogP contribution in [0.15, 0.2) is 53.9 Å². The van der Waals surface area contributed by atoms with Crippen molar-refractivity contribution in [1.29, 1.82) is 0 Å². The molecule has 3 aromatic rings. The maximum atomic E-state index is 11.5. The van der Waals surface area contributed by atoms with Gasteiger partial charge in [-0.1, -0.05) is 53.0 Å². The summed E-state index contributed by atoms with van der Waals surface area (Å²) in [6.07, 6.45) is 0. The molecule has 0 aliphatic rings. The normalized spacial score (nSPS) is 10.7. The van der Waals surface area contributed by atoms with E-state index in [9.17, 15) is 4.79 Å². The molecule has 0 bridgehead atoms. The largest absolute Gasteiger partial charge is 0.332 e. The van der Waals surface area contributed by atoms with Crippen LogP contribution in [0.1, 0.15) is 5.56 Å². The standard InChI is InChI=1S/C18H15Cl2N3OS/c1-11-2-6-14(7-3-11)22-18-23-15(10-25-18)12-4-8-13(9-5-12)21-17(24)16(19)20/h2-10,16H,1H3,(H,21,24)(H,22,23). The lowest BCUT2D eigenvalue weighted by atomic mass is 10.1. The van der Waals surface area contributed by atoms with Gasteiger partial charge in [-0.2, -0.15) is 0 Å². The molecule has 1 aromatic heterocycles. The Morgan fingerprint density at radius 2 is 1.68 bits per heavy atom. The van der Waals surface area contributed by atoms with Crippen molar-refractivity contribution >= 4 is 57.0 Å². The lowest BCUT2D eigenvalue weighted by molar-refractivity contribution is -0.114. The SMILES string of the molecule is Cc1ccc(Nc2nc(-c3ccc(NC(=O)C(Cl)Cl)cc3)cs2)cc1. The molecule has 0 fully saturated rings. The molecule has 128 valence electrons. The lowest BCUT2D eigenvalue weighted by Gasteiger charge is -2.06. The Hall–Kier alpha value is -2.08. The number of thiazole rings is 1. The van der Waals surface area contributed by atoms with Gasteiger partial charge < -0.3 is 10.6 Å². The number of halogens is 2. The lowest BCUT2D eigenvalue weighted by Crippen LogP contribution is -2.18. The van der Waals surface area contributed by atoms with Gasteiger partial charge in [0.25, 0.3) is 5.91 Å². The van der Waals surface area contributed by atoms with Crippen LogP contribution in [0.3, 0.4) is 0 Å². The molecule has 0 radical (unpaired) electrons. The number of rotatable bonds is 5. The summed E-state index contributed by atoms with van der Waals surface area (Å²) in [7, 11) is 0. The zero-order valence-electron chi connectivity index (χ0n) is 13.3. The van der Waals surface area contributed by atoms with Gasteiger partial charge in [0.15, 0.2) is 9.97 Å². The smallest absolute Gasteiger partial charge is 0.257 e. The Morgan fingerprint density at radius 3 is 2.32 bits per heavy atom. The fourth-order valence-corrected chi connectivity index (χ4v) is 2.99. The summed E-state index contributed by atoms with van der Waals surface area (Å²) < 4.78 is 0. The molecule has 25 heavy (non-hydrogen) atoms. The quantitative estimate of drug-likeness (QED) is 0.556. The molecule has 0 aliphatic carbocycles. The summed E-state index contributed by atoms with van der Waals surface area (Å²) in [6, 6.07) is 15.5. The first-order chi connectivity index (χ1) is 12.0. The number of nitrogens with zero attached hydrogens (tertiary/aromatic N) is 1. The van der Waals surface area contributed by atoms with Gasteiger partial charge in [-0.3, -0.25) is 4.79 Å². The molecule has 2 N–H and O–H groups in total. The van der Waals surface area contributed by atoms with Crippen LogP contribution in [0.2, 0.25) is 0 Å². The molecule has 0 saturated heterocycles. The van der Waals surface area contributed by atoms with Gasteiger partial charge in [-0.25, -0.2) is 4.98 Å². The number of aromatic nitrogens is 1. The average molecular weight is 392 g/mol. The van der Waals surface area contributed by atoms with Crippen LogP contribution in [0, 0.1) is 6.92 Å². The van der Waals surface area contributed by atoms with E-state index < -0.39 is 10.7 Å². The van der Waals surface area contributed by atoms with E-state index in [4.69, 9.17) is 23.2 Å². The first-order valence-electron chi connectivity index (χ1n) is 7.50. The minimum absolute atomic E-state index is 0.450. The number of aryl methyl sites for hydroxylation is 1. The fourth-order valence-electron chi connectivity index (χ4n) is 2.15. The predicted octanol–water partition coefficient (Wildman–Crippen LogP) is 5.60. The van der Waals surface area contributed by atoms with E-state index in [0.29, 0.717) is 5.69 Å². The fraction of sp³-hybridized carbons (Fsp3) is 0.111. The Bertz CT molecular complexity index is 861. The second-order valence-electron chi connectivity index (χ2n) is 5.40. The van der Waals surface area contributed by atoms with Gasteiger partial charge in [0.2, 0.25) is 0 Å². The molecule has 7 heteroatoms. The first kappa shape index (κ1) is 17.7. The van der Waals surface area contributed by atoms with Crippen LogP contribution in [0.4, 0.5) is 16.5 Å². The minimum atomic E-state index is -1.09. The maximum absolute atomic E-state index is 11.5. The van der Waals surface area contributed by atoms with E-state index >= 15 is 0 Å². The van der Waals surface area contributed by atoms with E-state index in [1.54, 1.807) is 12.1 Å². The van der Waals surface area contributed by atoms with E-state index in [1.807, 2.05) is 29.6 Å². The molecule has 0 aliphatic heterocycles. The Balaban J connectivity index is 1.69. The van der Waals surface area contributed by atoms with Crippen molar-refractivity contribution in [2.24, 2.45) is 0 Å². The van der Waals surface area contributed by atoms with Crippen molar-refractivity contribution in [1.82, 2.24) is 4.98 Å². The number of amides is 1. The molecule has 0 saturated carbocycles. The number of hydrogen-bond donors (Lipinski definition) is 2. The highest BCUT2D eigenvalue weighted by Crippen LogP contribution is 2.28. The third-order valence-electron chi connectivity index (χ3n) is 3.45. The molecule has 4 nitrogen and oxygen atoms in total. The van der Waals surface area contributed by atoms with Crippen molar-refractivity contribution in [3.63, 3.8) is 0 Å². The summed E-state index contributed by atoms with van der Waals surface area (Å²) in [5.74, 6) is -0.450. The topological polar surface area (TPSA) is 54.0 Å². The van der Waals surface area contributed by atoms with E-state index in [1.165, 1.54) is 16.9 Å². The Labute approximate surface area is 159 Å². The van der Waals surface area contributed by atoms with Crippen LogP contribution >= 0.6 is 34.5 Å². The molecule has 1 heterocycles. The zero-order chi connectivity index (χ0) is 17.8. The van der Waals surface area contributed by atoms with Crippen molar-refractivity contribution in [2.75, 3.05) is 10.6 Å². The summed E-state index contributed by atoms with van der Waals surface area (Å²) in [6.45, 7) is 2.05. The van der Waals surface area contributed by atoms with Crippen LogP contribution in [-0.2, 0) is 4.79 Å². The third kappa shape index (κ3) is 4.72. The van der Waals surface area contributed by atoms with E-state index in [-0.39, 0.29) is 0 Å². The first-order valence-corrected chi connectivity index (χ1v) is 9.25. The van der Waals surface area contributed by atoms with Gasteiger partial charge >= 0.3 is 0 Å². The minimum Gasteiger partial charge on any atom is -0.332 e. The van der Waals surface area contributed by atoms with Crippen molar-refractivity contribution in [2.45, 2.75) is 11.8 Å². The highest BCUT2D eigenvalue weighted by atomic mass is 35.5. The third-order valence-corrected chi connectivity index (χ3v) is 4.61. The monoisotopic (exact) mass is 391 g/mol. The van der Waals surface area contributed by atoms with Crippen LogP contribution in [0.5, 0.6) is 0 Å². The summed E-state index contributed by atoms with van der Waals surface area (Å²) >= 11 is 12.6. The van der Waals surface area contributed by atoms with E-state index in [0.717, 1.165) is 22.1 Å². The summed E-state index contributed by atoms with van der Waals surface area (Å²) in [4.78, 5) is 15.0. The van der Waals surface area contributed by atoms with Gasteiger partial charge in [0.1, 0.15) is 0 Å². The number of nitrogens with one attached hydrogen (secondary N) is 2. The zero-order valence-corrected chi connectivity index (χ0v) is 15.6. The number of alkyl halides is 2. The summed E-state index contributed by atoms with van der Waals surface area (Å²) in [5, 5.41) is 8.73. The number of benzene rings is 2. The molecular weight excluding hydrogens is 377 g/mol. The van der Waals surface area contributed by atoms with Crippen molar-refractivity contribution in [3.8, 4) is 11.3 Å². The number of carbonyl (C=O) groups is 1. The Kier molecular flexibility index (Phi) is 5.58. The predicted molar refractivity (Wildman–Crippen MR) is 106 cm³/mol. The molecule has 1 amide bonds. The van der Waals surface area contributed by atoms with Crippen molar-refractivity contribution < 1.29 is 4.79 Å². The van der Waals surface area contributed by atoms with Gasteiger partial charge in [-0.15, -0.1) is 11.3 Å². The summed E-state index contributed by atoms with van der Waals surface area (Å²) in [5.41, 5.74) is 4.67. The second kappa shape index (κ2) is 7.87. The highest BCUT2D eigenvalue weighted by Gasteiger charge is 2.11. The van der Waals surface area contributed by atoms with E-state index in [2.05, 4.69) is 34.7 Å². The van der Waals surface area contributed by atoms with Crippen LogP contribution < -0.4 is 10.6 Å². The number of carbonyl (C=O) groups excluding carboxylic acids is 1. The van der Waals surface area contributed by atoms with Gasteiger partial charge in [0.05, 0.1) is 5.69 Å². The number of hydrogen-bond acceptors (Lipinski definition) is 4. The second-order valence-corrected chi connectivity index (χ2v) is 7.35. The average Bonchev–Trinajstić information content (AvgIpc) is 3.06. The molecule has 0 unspecified atom stereocenters.